The molecule has 6 heteroatoms. The fourth-order valence-corrected chi connectivity index (χ4v) is 1.80. The van der Waals surface area contributed by atoms with Crippen LogP contribution in [0.5, 0.6) is 0 Å². The van der Waals surface area contributed by atoms with E-state index in [9.17, 15) is 14.9 Å². The third kappa shape index (κ3) is 2.97. The van der Waals surface area contributed by atoms with Crippen molar-refractivity contribution in [3.05, 3.63) is 32.7 Å². The quantitative estimate of drug-likeness (QED) is 0.473. The zero-order valence-corrected chi connectivity index (χ0v) is 8.57. The summed E-state index contributed by atoms with van der Waals surface area (Å²) in [4.78, 5) is 20.9. The first-order valence-electron chi connectivity index (χ1n) is 4.20. The average Bonchev–Trinajstić information content (AvgIpc) is 2.62. The molecule has 80 valence electrons. The summed E-state index contributed by atoms with van der Waals surface area (Å²) < 4.78 is 0. The van der Waals surface area contributed by atoms with Gasteiger partial charge in [-0.15, -0.1) is 0 Å². The van der Waals surface area contributed by atoms with E-state index >= 15 is 0 Å². The highest BCUT2D eigenvalue weighted by Gasteiger charge is 2.16. The van der Waals surface area contributed by atoms with Crippen LogP contribution in [0.4, 0.5) is 5.00 Å². The van der Waals surface area contributed by atoms with Gasteiger partial charge in [0, 0.05) is 6.61 Å². The maximum Gasteiger partial charge on any atom is 0.331 e. The van der Waals surface area contributed by atoms with Gasteiger partial charge < -0.3 is 5.11 Å². The van der Waals surface area contributed by atoms with Crippen LogP contribution in [-0.2, 0) is 0 Å². The molecule has 0 aliphatic heterocycles. The van der Waals surface area contributed by atoms with Gasteiger partial charge in [-0.1, -0.05) is 23.5 Å². The van der Waals surface area contributed by atoms with Gasteiger partial charge in [-0.05, 0) is 12.5 Å². The second-order valence-corrected chi connectivity index (χ2v) is 3.76. The Morgan fingerprint density at radius 3 is 2.87 bits per heavy atom. The normalized spacial score (nSPS) is 10.7. The molecule has 0 bridgehead atoms. The lowest BCUT2D eigenvalue weighted by Gasteiger charge is -1.87. The van der Waals surface area contributed by atoms with E-state index in [1.165, 1.54) is 12.1 Å². The molecule has 0 aromatic carbocycles. The predicted molar refractivity (Wildman–Crippen MR) is 57.1 cm³/mol. The molecular weight excluding hydrogens is 218 g/mol. The summed E-state index contributed by atoms with van der Waals surface area (Å²) in [5.74, 6) is 0. The predicted octanol–water partition coefficient (Wildman–Crippen LogP) is 1.86. The Labute approximate surface area is 89.8 Å². The lowest BCUT2D eigenvalue weighted by atomic mass is 10.2. The van der Waals surface area contributed by atoms with E-state index in [0.29, 0.717) is 23.1 Å². The van der Waals surface area contributed by atoms with Crippen LogP contribution < -0.4 is 0 Å². The average molecular weight is 227 g/mol. The molecule has 0 saturated carbocycles. The van der Waals surface area contributed by atoms with E-state index in [2.05, 4.69) is 0 Å². The van der Waals surface area contributed by atoms with Crippen LogP contribution in [0.3, 0.4) is 0 Å². The van der Waals surface area contributed by atoms with Gasteiger partial charge in [0.25, 0.3) is 0 Å². The maximum absolute atomic E-state index is 10.6. The number of carbonyl (C=O) groups excluding carboxylic acids is 1. The van der Waals surface area contributed by atoms with Crippen LogP contribution >= 0.6 is 11.3 Å². The number of carbonyl (C=O) groups is 1. The zero-order valence-electron chi connectivity index (χ0n) is 7.75. The monoisotopic (exact) mass is 227 g/mol. The van der Waals surface area contributed by atoms with E-state index in [0.717, 1.165) is 11.3 Å². The maximum atomic E-state index is 10.6. The summed E-state index contributed by atoms with van der Waals surface area (Å²) in [6.45, 7) is -0.00499. The summed E-state index contributed by atoms with van der Waals surface area (Å²) >= 11 is 0.845. The van der Waals surface area contributed by atoms with Crippen LogP contribution in [0.2, 0.25) is 0 Å². The van der Waals surface area contributed by atoms with Gasteiger partial charge in [0.1, 0.15) is 0 Å². The van der Waals surface area contributed by atoms with Crippen LogP contribution in [0.25, 0.3) is 6.08 Å². The summed E-state index contributed by atoms with van der Waals surface area (Å²) in [7, 11) is 0. The standard InChI is InChI=1S/C9H9NO4S/c11-4-2-1-3-7-5-8(6-12)15-9(7)10(13)14/h1,3,5-6,11H,2,4H2. The number of hydrogen-bond acceptors (Lipinski definition) is 5. The van der Waals surface area contributed by atoms with Crippen molar-refractivity contribution in [2.45, 2.75) is 6.42 Å². The smallest absolute Gasteiger partial charge is 0.331 e. The van der Waals surface area contributed by atoms with Crippen molar-refractivity contribution < 1.29 is 14.8 Å². The van der Waals surface area contributed by atoms with Gasteiger partial charge in [-0.25, -0.2) is 0 Å². The molecule has 0 amide bonds. The van der Waals surface area contributed by atoms with Crippen molar-refractivity contribution in [1.29, 1.82) is 0 Å². The number of thiophene rings is 1. The lowest BCUT2D eigenvalue weighted by Crippen LogP contribution is -1.85. The number of nitro groups is 1. The lowest BCUT2D eigenvalue weighted by molar-refractivity contribution is -0.380. The topological polar surface area (TPSA) is 80.4 Å². The third-order valence-electron chi connectivity index (χ3n) is 1.63. The van der Waals surface area contributed by atoms with Gasteiger partial charge in [-0.2, -0.15) is 0 Å². The summed E-state index contributed by atoms with van der Waals surface area (Å²) in [6.07, 6.45) is 4.19. The number of aliphatic hydroxyl groups excluding tert-OH is 1. The van der Waals surface area contributed by atoms with E-state index in [1.807, 2.05) is 0 Å². The molecule has 1 heterocycles. The number of nitrogens with zero attached hydrogens (tertiary/aromatic N) is 1. The highest BCUT2D eigenvalue weighted by molar-refractivity contribution is 7.17. The second kappa shape index (κ2) is 5.38. The first kappa shape index (κ1) is 11.5. The highest BCUT2D eigenvalue weighted by Crippen LogP contribution is 2.30. The Balaban J connectivity index is 2.98. The molecule has 0 fully saturated rings. The largest absolute Gasteiger partial charge is 0.396 e. The molecule has 1 aromatic rings. The van der Waals surface area contributed by atoms with Crippen LogP contribution in [0.1, 0.15) is 21.7 Å². The third-order valence-corrected chi connectivity index (χ3v) is 2.66. The van der Waals surface area contributed by atoms with Gasteiger partial charge >= 0.3 is 5.00 Å². The minimum atomic E-state index is -0.518. The summed E-state index contributed by atoms with van der Waals surface area (Å²) in [5, 5.41) is 19.1. The first-order chi connectivity index (χ1) is 7.19. The van der Waals surface area contributed by atoms with Crippen molar-refractivity contribution >= 4 is 28.7 Å². The van der Waals surface area contributed by atoms with Gasteiger partial charge in [-0.3, -0.25) is 14.9 Å². The van der Waals surface area contributed by atoms with Crippen molar-refractivity contribution in [3.8, 4) is 0 Å². The molecule has 0 saturated heterocycles. The van der Waals surface area contributed by atoms with E-state index < -0.39 is 4.92 Å². The number of hydrogen-bond donors (Lipinski definition) is 1. The van der Waals surface area contributed by atoms with Crippen LogP contribution in [0, 0.1) is 10.1 Å². The second-order valence-electron chi connectivity index (χ2n) is 2.70. The molecule has 0 unspecified atom stereocenters. The molecule has 0 spiro atoms. The van der Waals surface area contributed by atoms with Gasteiger partial charge in [0.2, 0.25) is 0 Å². The fraction of sp³-hybridized carbons (Fsp3) is 0.222. The Hall–Kier alpha value is -1.53. The SMILES string of the molecule is O=Cc1cc(C=CCCO)c([N+](=O)[O-])s1. The zero-order chi connectivity index (χ0) is 11.3. The molecule has 0 atom stereocenters. The summed E-state index contributed by atoms with van der Waals surface area (Å²) in [5.41, 5.74) is 0.403. The molecule has 1 N–H and O–H groups in total. The molecule has 0 aliphatic rings. The van der Waals surface area contributed by atoms with Crippen molar-refractivity contribution in [1.82, 2.24) is 0 Å². The van der Waals surface area contributed by atoms with Crippen LogP contribution in [-0.4, -0.2) is 22.9 Å². The Bertz CT molecular complexity index is 397. The Kier molecular flexibility index (Phi) is 4.14. The van der Waals surface area contributed by atoms with E-state index in [4.69, 9.17) is 5.11 Å². The van der Waals surface area contributed by atoms with Crippen molar-refractivity contribution in [2.24, 2.45) is 0 Å². The Morgan fingerprint density at radius 1 is 1.60 bits per heavy atom. The molecule has 1 rings (SSSR count). The molecule has 0 aliphatic carbocycles. The fourth-order valence-electron chi connectivity index (χ4n) is 1.02. The molecule has 1 aromatic heterocycles. The number of aliphatic hydroxyl groups is 1. The van der Waals surface area contributed by atoms with Gasteiger partial charge in [0.05, 0.1) is 15.4 Å². The highest BCUT2D eigenvalue weighted by atomic mass is 32.1. The van der Waals surface area contributed by atoms with Crippen LogP contribution in [0.15, 0.2) is 12.1 Å². The van der Waals surface area contributed by atoms with E-state index in [-0.39, 0.29) is 11.6 Å². The molecular formula is C9H9NO4S. The molecule has 15 heavy (non-hydrogen) atoms. The molecule has 0 radical (unpaired) electrons. The van der Waals surface area contributed by atoms with Crippen molar-refractivity contribution in [3.63, 3.8) is 0 Å². The van der Waals surface area contributed by atoms with Gasteiger partial charge in [0.15, 0.2) is 6.29 Å². The Morgan fingerprint density at radius 2 is 2.33 bits per heavy atom. The van der Waals surface area contributed by atoms with Crippen molar-refractivity contribution in [2.75, 3.05) is 6.61 Å². The number of rotatable bonds is 5. The minimum Gasteiger partial charge on any atom is -0.396 e. The number of aldehydes is 1. The van der Waals surface area contributed by atoms with E-state index in [1.54, 1.807) is 6.08 Å². The summed E-state index contributed by atoms with van der Waals surface area (Å²) in [6, 6.07) is 1.46. The first-order valence-corrected chi connectivity index (χ1v) is 5.01. The molecule has 5 nitrogen and oxygen atoms in total. The minimum absolute atomic E-state index is 0.00499.